The van der Waals surface area contributed by atoms with Crippen LogP contribution in [0.15, 0.2) is 11.1 Å². The summed E-state index contributed by atoms with van der Waals surface area (Å²) in [5, 5.41) is 11.4. The van der Waals surface area contributed by atoms with Gasteiger partial charge in [0.25, 0.3) is 0 Å². The van der Waals surface area contributed by atoms with E-state index in [0.717, 1.165) is 56.2 Å². The van der Waals surface area contributed by atoms with Crippen molar-refractivity contribution in [2.75, 3.05) is 32.7 Å². The van der Waals surface area contributed by atoms with Gasteiger partial charge in [0, 0.05) is 44.5 Å². The summed E-state index contributed by atoms with van der Waals surface area (Å²) in [4.78, 5) is 7.48. The second-order valence-corrected chi connectivity index (χ2v) is 7.53. The molecule has 0 bridgehead atoms. The standard InChI is InChI=1S/C19H34N6.HI/c1-4-20-19(21-9-5-10-25-16(3)12-15(2)23-25)22-13-17-8-11-24(14-17)18-6-7-18;/h12,17-18H,4-11,13-14H2,1-3H3,(H2,20,21,22);1H. The monoisotopic (exact) mass is 474 g/mol. The van der Waals surface area contributed by atoms with Crippen molar-refractivity contribution >= 4 is 29.9 Å². The van der Waals surface area contributed by atoms with Gasteiger partial charge in [0.2, 0.25) is 0 Å². The lowest BCUT2D eigenvalue weighted by Crippen LogP contribution is -2.38. The van der Waals surface area contributed by atoms with Crippen LogP contribution >= 0.6 is 24.0 Å². The van der Waals surface area contributed by atoms with Crippen LogP contribution in [-0.2, 0) is 6.54 Å². The number of halogens is 1. The predicted octanol–water partition coefficient (Wildman–Crippen LogP) is 2.55. The Morgan fingerprint density at radius 1 is 1.27 bits per heavy atom. The second-order valence-electron chi connectivity index (χ2n) is 7.53. The molecule has 2 N–H and O–H groups in total. The van der Waals surface area contributed by atoms with Crippen LogP contribution in [0.3, 0.4) is 0 Å². The van der Waals surface area contributed by atoms with Crippen molar-refractivity contribution in [1.82, 2.24) is 25.3 Å². The number of aromatic nitrogens is 2. The molecule has 6 nitrogen and oxygen atoms in total. The van der Waals surface area contributed by atoms with Gasteiger partial charge in [0.15, 0.2) is 5.96 Å². The van der Waals surface area contributed by atoms with Crippen molar-refractivity contribution in [3.63, 3.8) is 0 Å². The average Bonchev–Trinajstić information content (AvgIpc) is 3.24. The molecule has 148 valence electrons. The van der Waals surface area contributed by atoms with Gasteiger partial charge in [-0.2, -0.15) is 5.10 Å². The molecule has 1 aromatic heterocycles. The molecule has 1 unspecified atom stereocenters. The van der Waals surface area contributed by atoms with Crippen LogP contribution in [0.2, 0.25) is 0 Å². The Morgan fingerprint density at radius 3 is 2.73 bits per heavy atom. The van der Waals surface area contributed by atoms with Gasteiger partial charge in [-0.1, -0.05) is 0 Å². The Morgan fingerprint density at radius 2 is 2.08 bits per heavy atom. The smallest absolute Gasteiger partial charge is 0.191 e. The van der Waals surface area contributed by atoms with Crippen molar-refractivity contribution in [2.24, 2.45) is 10.9 Å². The van der Waals surface area contributed by atoms with E-state index in [9.17, 15) is 0 Å². The van der Waals surface area contributed by atoms with Crippen LogP contribution in [0.5, 0.6) is 0 Å². The summed E-state index contributed by atoms with van der Waals surface area (Å²) in [6, 6.07) is 3.03. The number of aryl methyl sites for hydroxylation is 3. The van der Waals surface area contributed by atoms with E-state index in [-0.39, 0.29) is 24.0 Å². The number of guanidine groups is 1. The number of hydrogen-bond acceptors (Lipinski definition) is 3. The topological polar surface area (TPSA) is 57.5 Å². The molecule has 2 aliphatic rings. The third-order valence-corrected chi connectivity index (χ3v) is 5.17. The van der Waals surface area contributed by atoms with E-state index >= 15 is 0 Å². The van der Waals surface area contributed by atoms with E-state index in [0.29, 0.717) is 0 Å². The highest BCUT2D eigenvalue weighted by molar-refractivity contribution is 14.0. The SMILES string of the molecule is CCNC(=NCC1CCN(C2CC2)C1)NCCCn1nc(C)cc1C.I. The quantitative estimate of drug-likeness (QED) is 0.263. The summed E-state index contributed by atoms with van der Waals surface area (Å²) in [6.45, 7) is 12.5. The largest absolute Gasteiger partial charge is 0.357 e. The molecular weight excluding hydrogens is 439 g/mol. The summed E-state index contributed by atoms with van der Waals surface area (Å²) in [7, 11) is 0. The molecular formula is C19H35IN6. The molecule has 1 saturated heterocycles. The van der Waals surface area contributed by atoms with Crippen molar-refractivity contribution in [3.8, 4) is 0 Å². The van der Waals surface area contributed by atoms with Crippen molar-refractivity contribution in [3.05, 3.63) is 17.5 Å². The Kier molecular flexibility index (Phi) is 8.66. The molecule has 0 radical (unpaired) electrons. The van der Waals surface area contributed by atoms with Crippen molar-refractivity contribution in [2.45, 2.75) is 59.0 Å². The maximum atomic E-state index is 4.82. The molecule has 0 spiro atoms. The molecule has 0 amide bonds. The number of likely N-dealkylation sites (tertiary alicyclic amines) is 1. The van der Waals surface area contributed by atoms with Gasteiger partial charge >= 0.3 is 0 Å². The summed E-state index contributed by atoms with van der Waals surface area (Å²) in [6.07, 6.45) is 5.17. The molecule has 2 fully saturated rings. The van der Waals surface area contributed by atoms with Crippen LogP contribution in [0.4, 0.5) is 0 Å². The van der Waals surface area contributed by atoms with Gasteiger partial charge in [0.1, 0.15) is 0 Å². The summed E-state index contributed by atoms with van der Waals surface area (Å²) in [5.41, 5.74) is 2.33. The second kappa shape index (κ2) is 10.5. The Labute approximate surface area is 175 Å². The van der Waals surface area contributed by atoms with E-state index in [4.69, 9.17) is 4.99 Å². The Hall–Kier alpha value is -0.830. The third kappa shape index (κ3) is 6.40. The van der Waals surface area contributed by atoms with Crippen LogP contribution < -0.4 is 10.6 Å². The molecule has 1 atom stereocenters. The van der Waals surface area contributed by atoms with Gasteiger partial charge in [-0.25, -0.2) is 0 Å². The molecule has 1 aromatic rings. The fraction of sp³-hybridized carbons (Fsp3) is 0.789. The minimum atomic E-state index is 0. The van der Waals surface area contributed by atoms with E-state index in [1.54, 1.807) is 0 Å². The zero-order valence-electron chi connectivity index (χ0n) is 16.5. The summed E-state index contributed by atoms with van der Waals surface area (Å²) < 4.78 is 2.09. The van der Waals surface area contributed by atoms with Crippen LogP contribution in [0, 0.1) is 19.8 Å². The average molecular weight is 474 g/mol. The first-order chi connectivity index (χ1) is 12.2. The highest BCUT2D eigenvalue weighted by Crippen LogP contribution is 2.31. The molecule has 1 aliphatic heterocycles. The number of hydrogen-bond donors (Lipinski definition) is 2. The lowest BCUT2D eigenvalue weighted by Gasteiger charge is -2.15. The van der Waals surface area contributed by atoms with Crippen molar-refractivity contribution in [1.29, 1.82) is 0 Å². The molecule has 7 heteroatoms. The zero-order chi connectivity index (χ0) is 17.6. The number of nitrogens with one attached hydrogen (secondary N) is 2. The molecule has 1 aliphatic carbocycles. The zero-order valence-corrected chi connectivity index (χ0v) is 18.8. The number of rotatable bonds is 8. The molecule has 1 saturated carbocycles. The normalized spacial score (nSPS) is 20.9. The van der Waals surface area contributed by atoms with E-state index in [2.05, 4.69) is 45.2 Å². The van der Waals surface area contributed by atoms with Gasteiger partial charge in [-0.05, 0) is 65.0 Å². The first kappa shape index (κ1) is 21.5. The van der Waals surface area contributed by atoms with Crippen molar-refractivity contribution < 1.29 is 0 Å². The maximum Gasteiger partial charge on any atom is 0.191 e. The molecule has 3 rings (SSSR count). The van der Waals surface area contributed by atoms with E-state index in [1.807, 2.05) is 6.92 Å². The van der Waals surface area contributed by atoms with Gasteiger partial charge < -0.3 is 15.5 Å². The molecule has 26 heavy (non-hydrogen) atoms. The van der Waals surface area contributed by atoms with E-state index < -0.39 is 0 Å². The Bertz CT molecular complexity index is 581. The lowest BCUT2D eigenvalue weighted by atomic mass is 10.1. The highest BCUT2D eigenvalue weighted by Gasteiger charge is 2.34. The lowest BCUT2D eigenvalue weighted by molar-refractivity contribution is 0.315. The molecule has 0 aromatic carbocycles. The Balaban J connectivity index is 0.00000243. The minimum absolute atomic E-state index is 0. The van der Waals surface area contributed by atoms with Crippen LogP contribution in [0.25, 0.3) is 0 Å². The highest BCUT2D eigenvalue weighted by atomic mass is 127. The van der Waals surface area contributed by atoms with E-state index in [1.165, 1.54) is 38.0 Å². The maximum absolute atomic E-state index is 4.82. The fourth-order valence-corrected chi connectivity index (χ4v) is 3.68. The third-order valence-electron chi connectivity index (χ3n) is 5.17. The van der Waals surface area contributed by atoms with Crippen LogP contribution in [0.1, 0.15) is 44.0 Å². The number of nitrogens with zero attached hydrogens (tertiary/aromatic N) is 4. The summed E-state index contributed by atoms with van der Waals surface area (Å²) >= 11 is 0. The van der Waals surface area contributed by atoms with Gasteiger partial charge in [-0.3, -0.25) is 9.67 Å². The molecule has 2 heterocycles. The summed E-state index contributed by atoms with van der Waals surface area (Å²) in [5.74, 6) is 1.69. The van der Waals surface area contributed by atoms with Crippen LogP contribution in [-0.4, -0.2) is 59.4 Å². The van der Waals surface area contributed by atoms with Gasteiger partial charge in [-0.15, -0.1) is 24.0 Å². The first-order valence-corrected chi connectivity index (χ1v) is 9.93. The minimum Gasteiger partial charge on any atom is -0.357 e. The first-order valence-electron chi connectivity index (χ1n) is 9.93. The number of aliphatic imine (C=N–C) groups is 1. The fourth-order valence-electron chi connectivity index (χ4n) is 3.68. The predicted molar refractivity (Wildman–Crippen MR) is 118 cm³/mol. The van der Waals surface area contributed by atoms with Gasteiger partial charge in [0.05, 0.1) is 5.69 Å².